The van der Waals surface area contributed by atoms with Gasteiger partial charge in [0.05, 0.1) is 26.4 Å². The lowest BCUT2D eigenvalue weighted by atomic mass is 9.98. The van der Waals surface area contributed by atoms with E-state index in [1.54, 1.807) is 30.5 Å². The van der Waals surface area contributed by atoms with Gasteiger partial charge in [-0.1, -0.05) is 6.07 Å². The lowest BCUT2D eigenvalue weighted by Gasteiger charge is -2.27. The van der Waals surface area contributed by atoms with Gasteiger partial charge in [-0.05, 0) is 56.2 Å². The van der Waals surface area contributed by atoms with Crippen molar-refractivity contribution in [3.63, 3.8) is 0 Å². The van der Waals surface area contributed by atoms with Crippen molar-refractivity contribution in [3.05, 3.63) is 66.0 Å². The van der Waals surface area contributed by atoms with Gasteiger partial charge in [-0.3, -0.25) is 4.40 Å². The van der Waals surface area contributed by atoms with E-state index in [1.165, 1.54) is 13.2 Å². The molecule has 4 aromatic rings. The van der Waals surface area contributed by atoms with Crippen LogP contribution in [0.5, 0.6) is 17.2 Å². The first kappa shape index (κ1) is 23.1. The Labute approximate surface area is 202 Å². The Bertz CT molecular complexity index is 1350. The highest BCUT2D eigenvalue weighted by molar-refractivity contribution is 5.85. The number of aliphatic hydroxyl groups is 1. The van der Waals surface area contributed by atoms with Crippen molar-refractivity contribution in [1.82, 2.24) is 14.4 Å². The fraction of sp³-hybridized carbons (Fsp3) is 0.308. The largest absolute Gasteiger partial charge is 0.494 e. The molecule has 182 valence electrons. The summed E-state index contributed by atoms with van der Waals surface area (Å²) >= 11 is 0. The van der Waals surface area contributed by atoms with E-state index < -0.39 is 5.82 Å². The summed E-state index contributed by atoms with van der Waals surface area (Å²) in [6.45, 7) is 2.46. The van der Waals surface area contributed by atoms with E-state index in [9.17, 15) is 9.50 Å². The van der Waals surface area contributed by atoms with Crippen LogP contribution in [0.15, 0.2) is 48.7 Å². The van der Waals surface area contributed by atoms with Crippen LogP contribution in [0, 0.1) is 12.7 Å². The molecule has 1 saturated heterocycles. The fourth-order valence-electron chi connectivity index (χ4n) is 4.48. The molecule has 0 amide bonds. The summed E-state index contributed by atoms with van der Waals surface area (Å²) < 4.78 is 33.1. The molecular formula is C26H27FN4O4. The van der Waals surface area contributed by atoms with Crippen molar-refractivity contribution < 1.29 is 23.7 Å². The van der Waals surface area contributed by atoms with Crippen LogP contribution >= 0.6 is 0 Å². The molecule has 0 bridgehead atoms. The number of ether oxygens (including phenoxy) is 3. The molecule has 8 nitrogen and oxygen atoms in total. The highest BCUT2D eigenvalue weighted by atomic mass is 19.1. The molecule has 9 heteroatoms. The van der Waals surface area contributed by atoms with Crippen molar-refractivity contribution >= 4 is 11.3 Å². The number of halogens is 1. The molecule has 0 spiro atoms. The molecule has 1 fully saturated rings. The number of fused-ring (bicyclic) bond motifs is 1. The van der Waals surface area contributed by atoms with Crippen molar-refractivity contribution in [2.75, 3.05) is 26.1 Å². The fourth-order valence-corrected chi connectivity index (χ4v) is 4.48. The number of rotatable bonds is 6. The molecule has 2 aromatic carbocycles. The zero-order valence-corrected chi connectivity index (χ0v) is 19.6. The molecule has 2 unspecified atom stereocenters. The number of aliphatic hydroxyl groups excluding tert-OH is 1. The minimum absolute atomic E-state index is 0.0181. The predicted molar refractivity (Wildman–Crippen MR) is 129 cm³/mol. The Hall–Kier alpha value is -3.69. The van der Waals surface area contributed by atoms with Crippen LogP contribution in [0.3, 0.4) is 0 Å². The number of aryl methyl sites for hydroxylation is 1. The number of hydrogen-bond acceptors (Lipinski definition) is 7. The first-order chi connectivity index (χ1) is 17.0. The van der Waals surface area contributed by atoms with Crippen LogP contribution in [0.1, 0.15) is 30.3 Å². The summed E-state index contributed by atoms with van der Waals surface area (Å²) in [6.07, 6.45) is 3.21. The third-order valence-corrected chi connectivity index (χ3v) is 6.33. The van der Waals surface area contributed by atoms with Crippen LogP contribution in [0.4, 0.5) is 10.2 Å². The first-order valence-corrected chi connectivity index (χ1v) is 11.5. The van der Waals surface area contributed by atoms with Crippen molar-refractivity contribution in [2.24, 2.45) is 0 Å². The van der Waals surface area contributed by atoms with Crippen molar-refractivity contribution in [1.29, 1.82) is 0 Å². The minimum atomic E-state index is -0.559. The average molecular weight is 479 g/mol. The zero-order valence-electron chi connectivity index (χ0n) is 19.6. The van der Waals surface area contributed by atoms with Crippen LogP contribution in [0.25, 0.3) is 16.8 Å². The van der Waals surface area contributed by atoms with Crippen LogP contribution in [-0.4, -0.2) is 45.9 Å². The van der Waals surface area contributed by atoms with Gasteiger partial charge in [0, 0.05) is 23.4 Å². The van der Waals surface area contributed by atoms with E-state index in [0.717, 1.165) is 35.4 Å². The van der Waals surface area contributed by atoms with Gasteiger partial charge in [-0.2, -0.15) is 4.39 Å². The van der Waals surface area contributed by atoms with E-state index in [1.807, 2.05) is 23.5 Å². The summed E-state index contributed by atoms with van der Waals surface area (Å²) in [4.78, 5) is 9.34. The molecule has 2 aromatic heterocycles. The molecule has 0 aliphatic carbocycles. The summed E-state index contributed by atoms with van der Waals surface area (Å²) in [6, 6.07) is 12.0. The second-order valence-electron chi connectivity index (χ2n) is 8.60. The quantitative estimate of drug-likeness (QED) is 0.421. The van der Waals surface area contributed by atoms with Gasteiger partial charge in [0.15, 0.2) is 11.5 Å². The number of anilines is 1. The Morgan fingerprint density at radius 2 is 1.94 bits per heavy atom. The summed E-state index contributed by atoms with van der Waals surface area (Å²) in [5.41, 5.74) is 9.50. The molecule has 1 aliphatic heterocycles. The van der Waals surface area contributed by atoms with E-state index in [2.05, 4.69) is 4.98 Å². The van der Waals surface area contributed by atoms with E-state index in [4.69, 9.17) is 24.9 Å². The predicted octanol–water partition coefficient (Wildman–Crippen LogP) is 4.48. The zero-order chi connectivity index (χ0) is 24.5. The molecule has 5 rings (SSSR count). The van der Waals surface area contributed by atoms with Gasteiger partial charge in [0.1, 0.15) is 28.6 Å². The average Bonchev–Trinajstić information content (AvgIpc) is 3.30. The number of nitrogens with two attached hydrogens (primary N) is 1. The number of aromatic nitrogens is 3. The molecule has 1 aliphatic rings. The highest BCUT2D eigenvalue weighted by Crippen LogP contribution is 2.36. The Morgan fingerprint density at radius 3 is 2.63 bits per heavy atom. The van der Waals surface area contributed by atoms with Crippen LogP contribution in [0.2, 0.25) is 0 Å². The molecule has 3 N–H and O–H groups in total. The number of imidazole rings is 1. The number of nitrogens with zero attached hydrogens (tertiary/aromatic N) is 3. The molecule has 35 heavy (non-hydrogen) atoms. The van der Waals surface area contributed by atoms with Crippen molar-refractivity contribution in [2.45, 2.75) is 31.8 Å². The SMILES string of the molecule is COc1cccc(Oc2ccc(-c3nc(C4CCC(CO)OC4)n4c(C)cnc(N)c34)cc2)c1F. The summed E-state index contributed by atoms with van der Waals surface area (Å²) in [5, 5.41) is 9.40. The van der Waals surface area contributed by atoms with Gasteiger partial charge in [-0.25, -0.2) is 9.97 Å². The maximum atomic E-state index is 14.5. The van der Waals surface area contributed by atoms with E-state index >= 15 is 0 Å². The Kier molecular flexibility index (Phi) is 6.27. The molecule has 2 atom stereocenters. The van der Waals surface area contributed by atoms with Gasteiger partial charge < -0.3 is 25.1 Å². The first-order valence-electron chi connectivity index (χ1n) is 11.5. The van der Waals surface area contributed by atoms with E-state index in [0.29, 0.717) is 23.9 Å². The summed E-state index contributed by atoms with van der Waals surface area (Å²) in [7, 11) is 1.41. The van der Waals surface area contributed by atoms with E-state index in [-0.39, 0.29) is 30.1 Å². The number of benzene rings is 2. The summed E-state index contributed by atoms with van der Waals surface area (Å²) in [5.74, 6) is 1.42. The van der Waals surface area contributed by atoms with Gasteiger partial charge in [-0.15, -0.1) is 0 Å². The van der Waals surface area contributed by atoms with Gasteiger partial charge in [0.25, 0.3) is 0 Å². The third kappa shape index (κ3) is 4.28. The number of nitrogen functional groups attached to an aromatic ring is 1. The normalized spacial score (nSPS) is 18.1. The second kappa shape index (κ2) is 9.52. The lowest BCUT2D eigenvalue weighted by molar-refractivity contribution is -0.0283. The highest BCUT2D eigenvalue weighted by Gasteiger charge is 2.28. The number of hydrogen-bond donors (Lipinski definition) is 2. The topological polar surface area (TPSA) is 104 Å². The molecule has 0 saturated carbocycles. The van der Waals surface area contributed by atoms with Gasteiger partial charge in [0.2, 0.25) is 5.82 Å². The van der Waals surface area contributed by atoms with Crippen LogP contribution in [-0.2, 0) is 4.74 Å². The maximum absolute atomic E-state index is 14.5. The standard InChI is InChI=1S/C26H27FN4O4/c1-15-12-29-25(28)24-23(30-26(31(15)24)17-8-11-19(13-32)34-14-17)16-6-9-18(10-7-16)35-21-5-3-4-20(33-2)22(21)27/h3-7,9-10,12,17,19,32H,8,11,13-14H2,1-2H3,(H2,28,29). The monoisotopic (exact) mass is 478 g/mol. The smallest absolute Gasteiger partial charge is 0.207 e. The Balaban J connectivity index is 1.50. The van der Waals surface area contributed by atoms with Crippen LogP contribution < -0.4 is 15.2 Å². The molecule has 3 heterocycles. The maximum Gasteiger partial charge on any atom is 0.207 e. The van der Waals surface area contributed by atoms with Gasteiger partial charge >= 0.3 is 0 Å². The number of methoxy groups -OCH3 is 1. The third-order valence-electron chi connectivity index (χ3n) is 6.33. The molecule has 0 radical (unpaired) electrons. The second-order valence-corrected chi connectivity index (χ2v) is 8.60. The lowest BCUT2D eigenvalue weighted by Crippen LogP contribution is -2.28. The Morgan fingerprint density at radius 1 is 1.17 bits per heavy atom. The molecular weight excluding hydrogens is 451 g/mol. The minimum Gasteiger partial charge on any atom is -0.494 e. The van der Waals surface area contributed by atoms with Crippen molar-refractivity contribution in [3.8, 4) is 28.5 Å².